The molecule has 0 saturated heterocycles. The van der Waals surface area contributed by atoms with E-state index in [0.29, 0.717) is 17.0 Å². The van der Waals surface area contributed by atoms with Gasteiger partial charge in [0.1, 0.15) is 17.7 Å². The Morgan fingerprint density at radius 3 is 2.62 bits per heavy atom. The van der Waals surface area contributed by atoms with E-state index in [-0.39, 0.29) is 24.2 Å². The van der Waals surface area contributed by atoms with Crippen LogP contribution >= 0.6 is 0 Å². The maximum Gasteiger partial charge on any atom is 0.320 e. The van der Waals surface area contributed by atoms with E-state index in [0.717, 1.165) is 25.7 Å². The summed E-state index contributed by atoms with van der Waals surface area (Å²) in [6.07, 6.45) is 5.85. The third-order valence-electron chi connectivity index (χ3n) is 4.64. The van der Waals surface area contributed by atoms with Crippen molar-refractivity contribution in [1.82, 2.24) is 19.5 Å². The monoisotopic (exact) mass is 359 g/mol. The molecule has 3 aromatic rings. The molecule has 0 spiro atoms. The van der Waals surface area contributed by atoms with Crippen molar-refractivity contribution < 1.29 is 13.5 Å². The third kappa shape index (κ3) is 3.07. The lowest BCUT2D eigenvalue weighted by molar-refractivity contribution is 0.193. The Morgan fingerprint density at radius 2 is 1.92 bits per heavy atom. The zero-order valence-electron chi connectivity index (χ0n) is 14.4. The molecule has 0 radical (unpaired) electrons. The van der Waals surface area contributed by atoms with Gasteiger partial charge >= 0.3 is 6.01 Å². The quantitative estimate of drug-likeness (QED) is 0.755. The molecule has 0 atom stereocenters. The molecule has 1 aromatic carbocycles. The second-order valence-corrected chi connectivity index (χ2v) is 6.37. The number of ether oxygens (including phenoxy) is 1. The van der Waals surface area contributed by atoms with Crippen molar-refractivity contribution in [2.75, 3.05) is 12.4 Å². The summed E-state index contributed by atoms with van der Waals surface area (Å²) in [5, 5.41) is 2.98. The van der Waals surface area contributed by atoms with Crippen LogP contribution in [0.4, 0.5) is 14.6 Å². The van der Waals surface area contributed by atoms with Gasteiger partial charge in [0.2, 0.25) is 0 Å². The number of hydrogen-bond acceptors (Lipinski definition) is 5. The number of fused-ring (bicyclic) bond motifs is 1. The van der Waals surface area contributed by atoms with Crippen LogP contribution in [-0.2, 0) is 6.54 Å². The Labute approximate surface area is 149 Å². The lowest BCUT2D eigenvalue weighted by atomic mass is 10.2. The lowest BCUT2D eigenvalue weighted by Crippen LogP contribution is -2.14. The van der Waals surface area contributed by atoms with E-state index in [1.54, 1.807) is 11.6 Å². The number of benzene rings is 1. The molecular weight excluding hydrogens is 340 g/mol. The summed E-state index contributed by atoms with van der Waals surface area (Å²) in [6, 6.07) is 4.07. The molecule has 4 rings (SSSR count). The predicted molar refractivity (Wildman–Crippen MR) is 93.2 cm³/mol. The standard InChI is InChI=1S/C18H19F2N5O/c1-21-16-15-17(24-18(23-16)26-11-5-2-3-6-11)25(10-22-15)9-12-13(19)7-4-8-14(12)20/h4,7-8,10-11H,2-3,5-6,9H2,1H3,(H,21,23,24). The van der Waals surface area contributed by atoms with Gasteiger partial charge in [-0.25, -0.2) is 13.8 Å². The van der Waals surface area contributed by atoms with Crippen LogP contribution in [0.3, 0.4) is 0 Å². The number of aromatic nitrogens is 4. The van der Waals surface area contributed by atoms with Gasteiger partial charge in [0, 0.05) is 12.6 Å². The molecule has 136 valence electrons. The molecule has 1 aliphatic carbocycles. The van der Waals surface area contributed by atoms with E-state index < -0.39 is 11.6 Å². The number of halogens is 2. The van der Waals surface area contributed by atoms with Crippen molar-refractivity contribution in [2.45, 2.75) is 38.3 Å². The number of anilines is 1. The summed E-state index contributed by atoms with van der Waals surface area (Å²) in [5.41, 5.74) is 0.970. The molecule has 1 N–H and O–H groups in total. The first kappa shape index (κ1) is 16.7. The maximum absolute atomic E-state index is 14.0. The molecule has 8 heteroatoms. The van der Waals surface area contributed by atoms with Gasteiger partial charge in [0.25, 0.3) is 0 Å². The highest BCUT2D eigenvalue weighted by Gasteiger charge is 2.20. The molecular formula is C18H19F2N5O. The van der Waals surface area contributed by atoms with Crippen LogP contribution in [0.15, 0.2) is 24.5 Å². The molecule has 1 saturated carbocycles. The Kier molecular flexibility index (Phi) is 4.40. The number of imidazole rings is 1. The van der Waals surface area contributed by atoms with E-state index in [1.807, 2.05) is 0 Å². The Hall–Kier alpha value is -2.77. The lowest BCUT2D eigenvalue weighted by Gasteiger charge is -2.13. The summed E-state index contributed by atoms with van der Waals surface area (Å²) >= 11 is 0. The van der Waals surface area contributed by atoms with Gasteiger partial charge < -0.3 is 14.6 Å². The van der Waals surface area contributed by atoms with E-state index in [4.69, 9.17) is 4.74 Å². The summed E-state index contributed by atoms with van der Waals surface area (Å²) in [5.74, 6) is -0.676. The topological polar surface area (TPSA) is 64.9 Å². The maximum atomic E-state index is 14.0. The van der Waals surface area contributed by atoms with Gasteiger partial charge in [-0.1, -0.05) is 6.07 Å². The van der Waals surface area contributed by atoms with Crippen LogP contribution in [0.25, 0.3) is 11.2 Å². The average molecular weight is 359 g/mol. The van der Waals surface area contributed by atoms with Crippen LogP contribution in [0.5, 0.6) is 6.01 Å². The minimum Gasteiger partial charge on any atom is -0.460 e. The first-order chi connectivity index (χ1) is 12.7. The van der Waals surface area contributed by atoms with Crippen LogP contribution in [0, 0.1) is 11.6 Å². The van der Waals surface area contributed by atoms with E-state index in [1.165, 1.54) is 24.5 Å². The molecule has 0 aliphatic heterocycles. The number of nitrogens with one attached hydrogen (secondary N) is 1. The zero-order valence-corrected chi connectivity index (χ0v) is 14.4. The van der Waals surface area contributed by atoms with Crippen molar-refractivity contribution >= 4 is 17.0 Å². The predicted octanol–water partition coefficient (Wildman–Crippen LogP) is 3.52. The second kappa shape index (κ2) is 6.86. The summed E-state index contributed by atoms with van der Waals surface area (Å²) in [6.45, 7) is -0.0158. The van der Waals surface area contributed by atoms with Gasteiger partial charge in [-0.15, -0.1) is 0 Å². The fraction of sp³-hybridized carbons (Fsp3) is 0.389. The molecule has 1 aliphatic rings. The summed E-state index contributed by atoms with van der Waals surface area (Å²) in [4.78, 5) is 13.1. The summed E-state index contributed by atoms with van der Waals surface area (Å²) in [7, 11) is 1.73. The van der Waals surface area contributed by atoms with Crippen LogP contribution in [0.1, 0.15) is 31.2 Å². The van der Waals surface area contributed by atoms with E-state index in [9.17, 15) is 8.78 Å². The highest BCUT2D eigenvalue weighted by atomic mass is 19.1. The minimum absolute atomic E-state index is 0.0158. The molecule has 2 aromatic heterocycles. The van der Waals surface area contributed by atoms with Gasteiger partial charge in [0.05, 0.1) is 12.9 Å². The second-order valence-electron chi connectivity index (χ2n) is 6.37. The summed E-state index contributed by atoms with van der Waals surface area (Å²) < 4.78 is 35.5. The third-order valence-corrected chi connectivity index (χ3v) is 4.64. The molecule has 26 heavy (non-hydrogen) atoms. The highest BCUT2D eigenvalue weighted by molar-refractivity contribution is 5.83. The van der Waals surface area contributed by atoms with Crippen molar-refractivity contribution in [3.8, 4) is 6.01 Å². The average Bonchev–Trinajstić information content (AvgIpc) is 3.28. The minimum atomic E-state index is -0.600. The largest absolute Gasteiger partial charge is 0.460 e. The van der Waals surface area contributed by atoms with Gasteiger partial charge in [-0.05, 0) is 37.8 Å². The SMILES string of the molecule is CNc1nc(OC2CCCC2)nc2c1ncn2Cc1c(F)cccc1F. The molecule has 0 amide bonds. The fourth-order valence-electron chi connectivity index (χ4n) is 3.28. The Bertz CT molecular complexity index is 916. The molecule has 0 unspecified atom stereocenters. The van der Waals surface area contributed by atoms with E-state index >= 15 is 0 Å². The van der Waals surface area contributed by atoms with Gasteiger partial charge in [-0.2, -0.15) is 9.97 Å². The Morgan fingerprint density at radius 1 is 1.19 bits per heavy atom. The first-order valence-electron chi connectivity index (χ1n) is 8.66. The molecule has 1 fully saturated rings. The normalized spacial score (nSPS) is 14.9. The number of hydrogen-bond donors (Lipinski definition) is 1. The highest BCUT2D eigenvalue weighted by Crippen LogP contribution is 2.26. The zero-order chi connectivity index (χ0) is 18.1. The van der Waals surface area contributed by atoms with Crippen molar-refractivity contribution in [3.05, 3.63) is 41.7 Å². The van der Waals surface area contributed by atoms with Crippen molar-refractivity contribution in [3.63, 3.8) is 0 Å². The molecule has 6 nitrogen and oxygen atoms in total. The smallest absolute Gasteiger partial charge is 0.320 e. The fourth-order valence-corrected chi connectivity index (χ4v) is 3.28. The first-order valence-corrected chi connectivity index (χ1v) is 8.66. The van der Waals surface area contributed by atoms with Gasteiger partial charge in [-0.3, -0.25) is 0 Å². The van der Waals surface area contributed by atoms with Gasteiger partial charge in [0.15, 0.2) is 17.0 Å². The van der Waals surface area contributed by atoms with Crippen molar-refractivity contribution in [1.29, 1.82) is 0 Å². The van der Waals surface area contributed by atoms with Crippen LogP contribution in [-0.4, -0.2) is 32.7 Å². The molecule has 2 heterocycles. The van der Waals surface area contributed by atoms with Crippen molar-refractivity contribution in [2.24, 2.45) is 0 Å². The molecule has 0 bridgehead atoms. The van der Waals surface area contributed by atoms with Crippen LogP contribution < -0.4 is 10.1 Å². The van der Waals surface area contributed by atoms with E-state index in [2.05, 4.69) is 20.3 Å². The van der Waals surface area contributed by atoms with Crippen LogP contribution in [0.2, 0.25) is 0 Å². The number of nitrogens with zero attached hydrogens (tertiary/aromatic N) is 4. The Balaban J connectivity index is 1.73. The number of rotatable bonds is 5.